The summed E-state index contributed by atoms with van der Waals surface area (Å²) in [4.78, 5) is 30.0. The Morgan fingerprint density at radius 3 is 2.38 bits per heavy atom. The van der Waals surface area contributed by atoms with E-state index in [2.05, 4.69) is 21.0 Å². The fourth-order valence-electron chi connectivity index (χ4n) is 4.60. The number of aromatic nitrogens is 3. The summed E-state index contributed by atoms with van der Waals surface area (Å²) < 4.78 is 40.5. The number of hydrogen-bond acceptors (Lipinski definition) is 5. The van der Waals surface area contributed by atoms with Gasteiger partial charge in [0.1, 0.15) is 0 Å². The lowest BCUT2D eigenvalue weighted by molar-refractivity contribution is -0.137. The number of likely N-dealkylation sites (N-methyl/N-ethyl adjacent to an activating group) is 1. The first-order chi connectivity index (χ1) is 18.5. The summed E-state index contributed by atoms with van der Waals surface area (Å²) in [5, 5.41) is 12.9. The predicted octanol–water partition coefficient (Wildman–Crippen LogP) is 5.05. The van der Waals surface area contributed by atoms with Crippen LogP contribution in [0, 0.1) is 0 Å². The number of nitrogen functional groups attached to an aromatic ring is 1. The van der Waals surface area contributed by atoms with Crippen molar-refractivity contribution in [2.45, 2.75) is 31.4 Å². The summed E-state index contributed by atoms with van der Waals surface area (Å²) in [6, 6.07) is 12.4. The first-order valence-corrected chi connectivity index (χ1v) is 12.3. The molecule has 4 aromatic rings. The molecule has 2 heterocycles. The Bertz CT molecular complexity index is 1580. The molecule has 1 fully saturated rings. The maximum Gasteiger partial charge on any atom is 0.416 e. The molecule has 202 valence electrons. The number of nitrogens with one attached hydrogen (secondary N) is 3. The van der Waals surface area contributed by atoms with E-state index in [1.165, 1.54) is 12.1 Å². The largest absolute Gasteiger partial charge is 0.416 e. The van der Waals surface area contributed by atoms with Gasteiger partial charge in [-0.25, -0.2) is 14.5 Å². The first kappa shape index (κ1) is 26.0. The van der Waals surface area contributed by atoms with Crippen molar-refractivity contribution in [3.05, 3.63) is 65.9 Å². The maximum atomic E-state index is 13.0. The van der Waals surface area contributed by atoms with Gasteiger partial charge in [0.15, 0.2) is 11.5 Å². The molecule has 9 nitrogen and oxygen atoms in total. The number of nitrogens with two attached hydrogens (primary N) is 1. The quantitative estimate of drug-likeness (QED) is 0.274. The molecule has 0 unspecified atom stereocenters. The fourth-order valence-corrected chi connectivity index (χ4v) is 4.60. The van der Waals surface area contributed by atoms with Crippen LogP contribution in [0.2, 0.25) is 0 Å². The van der Waals surface area contributed by atoms with Crippen LogP contribution in [0.25, 0.3) is 22.2 Å². The minimum Gasteiger partial charge on any atom is -0.382 e. The van der Waals surface area contributed by atoms with Crippen molar-refractivity contribution in [3.63, 3.8) is 0 Å². The molecule has 0 saturated heterocycles. The molecule has 0 atom stereocenters. The van der Waals surface area contributed by atoms with Crippen LogP contribution < -0.4 is 21.7 Å². The van der Waals surface area contributed by atoms with Crippen molar-refractivity contribution >= 4 is 40.2 Å². The molecule has 5 N–H and O–H groups in total. The van der Waals surface area contributed by atoms with E-state index < -0.39 is 23.2 Å². The average Bonchev–Trinajstić information content (AvgIpc) is 3.65. The van der Waals surface area contributed by atoms with Gasteiger partial charge in [-0.05, 0) is 67.3 Å². The number of carbonyl (C=O) groups excluding carboxylic acids is 2. The van der Waals surface area contributed by atoms with Gasteiger partial charge in [0.2, 0.25) is 5.91 Å². The number of alkyl halides is 3. The van der Waals surface area contributed by atoms with Gasteiger partial charge in [-0.1, -0.05) is 18.2 Å². The number of anilines is 3. The summed E-state index contributed by atoms with van der Waals surface area (Å²) in [7, 11) is 1.74. The number of halogens is 3. The number of aryl methyl sites for hydroxylation is 1. The van der Waals surface area contributed by atoms with Crippen molar-refractivity contribution < 1.29 is 22.8 Å². The smallest absolute Gasteiger partial charge is 0.382 e. The highest BCUT2D eigenvalue weighted by molar-refractivity contribution is 6.03. The minimum absolute atomic E-state index is 0.0128. The van der Waals surface area contributed by atoms with Gasteiger partial charge in [0.25, 0.3) is 0 Å². The molecule has 0 bridgehead atoms. The molecule has 1 aliphatic carbocycles. The number of carbonyl (C=O) groups is 2. The lowest BCUT2D eigenvalue weighted by atomic mass is 9.95. The van der Waals surface area contributed by atoms with E-state index in [1.54, 1.807) is 36.0 Å². The van der Waals surface area contributed by atoms with Crippen LogP contribution in [0.15, 0.2) is 54.6 Å². The third-order valence-electron chi connectivity index (χ3n) is 6.73. The third-order valence-corrected chi connectivity index (χ3v) is 6.73. The molecule has 12 heteroatoms. The molecular formula is C27H26F3N7O2. The summed E-state index contributed by atoms with van der Waals surface area (Å²) in [6.45, 7) is 2.39. The second-order valence-corrected chi connectivity index (χ2v) is 9.44. The van der Waals surface area contributed by atoms with Crippen LogP contribution in [0.4, 0.5) is 35.2 Å². The molecule has 2 aromatic carbocycles. The number of urea groups is 1. The first-order valence-electron chi connectivity index (χ1n) is 12.3. The highest BCUT2D eigenvalue weighted by Gasteiger charge is 2.52. The highest BCUT2D eigenvalue weighted by atomic mass is 19.4. The van der Waals surface area contributed by atoms with Gasteiger partial charge in [0.05, 0.1) is 22.1 Å². The summed E-state index contributed by atoms with van der Waals surface area (Å²) in [6.07, 6.45) is -3.14. The summed E-state index contributed by atoms with van der Waals surface area (Å²) in [5.74, 6) is 0.233. The molecule has 0 radical (unpaired) electrons. The standard InChI is InChI=1S/C27H26F3N7O2/c1-3-32-24(38)26(11-12-26)20-14-19(21-22(31)36-37(2)23(21)35-20)15-7-9-17(10-8-15)33-25(39)34-18-6-4-5-16(13-18)27(28,29)30/h4-10,13-14H,3,11-12H2,1-2H3,(H2,31,36)(H,32,38)(H2,33,34,39). The number of amides is 3. The number of fused-ring (bicyclic) bond motifs is 1. The van der Waals surface area contributed by atoms with Crippen molar-refractivity contribution in [1.82, 2.24) is 20.1 Å². The normalized spacial score (nSPS) is 14.2. The average molecular weight is 538 g/mol. The lowest BCUT2D eigenvalue weighted by Crippen LogP contribution is -2.35. The molecule has 1 aliphatic rings. The monoisotopic (exact) mass is 537 g/mol. The van der Waals surface area contributed by atoms with Gasteiger partial charge < -0.3 is 21.7 Å². The van der Waals surface area contributed by atoms with Crippen LogP contribution in [-0.2, 0) is 23.4 Å². The van der Waals surface area contributed by atoms with Crippen LogP contribution in [0.3, 0.4) is 0 Å². The van der Waals surface area contributed by atoms with Gasteiger partial charge in [0, 0.05) is 25.0 Å². The topological polar surface area (TPSA) is 127 Å². The molecule has 3 amide bonds. The van der Waals surface area contributed by atoms with E-state index in [9.17, 15) is 22.8 Å². The predicted molar refractivity (Wildman–Crippen MR) is 142 cm³/mol. The van der Waals surface area contributed by atoms with Gasteiger partial charge in [-0.15, -0.1) is 0 Å². The third kappa shape index (κ3) is 4.97. The van der Waals surface area contributed by atoms with Crippen molar-refractivity contribution in [2.75, 3.05) is 22.9 Å². The van der Waals surface area contributed by atoms with Crippen LogP contribution >= 0.6 is 0 Å². The SMILES string of the molecule is CCNC(=O)C1(c2cc(-c3ccc(NC(=O)Nc4cccc(C(F)(F)F)c4)cc3)c3c(N)nn(C)c3n2)CC1. The summed E-state index contributed by atoms with van der Waals surface area (Å²) >= 11 is 0. The summed E-state index contributed by atoms with van der Waals surface area (Å²) in [5.41, 5.74) is 7.81. The molecule has 39 heavy (non-hydrogen) atoms. The molecule has 0 spiro atoms. The number of rotatable bonds is 6. The Morgan fingerprint density at radius 1 is 1.05 bits per heavy atom. The zero-order valence-corrected chi connectivity index (χ0v) is 21.2. The lowest BCUT2D eigenvalue weighted by Gasteiger charge is -2.16. The van der Waals surface area contributed by atoms with E-state index in [0.29, 0.717) is 47.6 Å². The zero-order chi connectivity index (χ0) is 27.9. The molecule has 2 aromatic heterocycles. The number of nitrogens with zero attached hydrogens (tertiary/aromatic N) is 3. The molecule has 0 aliphatic heterocycles. The molecule has 1 saturated carbocycles. The van der Waals surface area contributed by atoms with Crippen molar-refractivity contribution in [1.29, 1.82) is 0 Å². The Balaban J connectivity index is 1.41. The number of hydrogen-bond donors (Lipinski definition) is 4. The van der Waals surface area contributed by atoms with E-state index in [0.717, 1.165) is 23.3 Å². The van der Waals surface area contributed by atoms with E-state index in [4.69, 9.17) is 10.7 Å². The van der Waals surface area contributed by atoms with E-state index >= 15 is 0 Å². The van der Waals surface area contributed by atoms with Crippen LogP contribution in [0.1, 0.15) is 31.0 Å². The highest BCUT2D eigenvalue weighted by Crippen LogP contribution is 2.49. The maximum absolute atomic E-state index is 13.0. The van der Waals surface area contributed by atoms with Gasteiger partial charge in [-0.3, -0.25) is 4.79 Å². The Morgan fingerprint density at radius 2 is 1.74 bits per heavy atom. The van der Waals surface area contributed by atoms with E-state index in [-0.39, 0.29) is 11.6 Å². The second-order valence-electron chi connectivity index (χ2n) is 9.44. The molecular weight excluding hydrogens is 511 g/mol. The fraction of sp³-hybridized carbons (Fsp3) is 0.259. The van der Waals surface area contributed by atoms with Crippen molar-refractivity contribution in [3.8, 4) is 11.1 Å². The number of pyridine rings is 1. The van der Waals surface area contributed by atoms with Gasteiger partial charge in [-0.2, -0.15) is 18.3 Å². The second kappa shape index (κ2) is 9.61. The van der Waals surface area contributed by atoms with Crippen molar-refractivity contribution in [2.24, 2.45) is 7.05 Å². The Hall–Kier alpha value is -4.61. The Labute approximate surface area is 221 Å². The minimum atomic E-state index is -4.52. The van der Waals surface area contributed by atoms with Gasteiger partial charge >= 0.3 is 12.2 Å². The Kier molecular flexibility index (Phi) is 6.41. The van der Waals surface area contributed by atoms with Crippen LogP contribution in [0.5, 0.6) is 0 Å². The van der Waals surface area contributed by atoms with E-state index in [1.807, 2.05) is 13.0 Å². The zero-order valence-electron chi connectivity index (χ0n) is 21.2. The van der Waals surface area contributed by atoms with Crippen LogP contribution in [-0.4, -0.2) is 33.2 Å². The molecule has 5 rings (SSSR count). The number of benzene rings is 2.